The Morgan fingerprint density at radius 3 is 2.91 bits per heavy atom. The molecule has 11 heavy (non-hydrogen) atoms. The van der Waals surface area contributed by atoms with E-state index in [2.05, 4.69) is 22.9 Å². The van der Waals surface area contributed by atoms with Gasteiger partial charge >= 0.3 is 0 Å². The van der Waals surface area contributed by atoms with Crippen LogP contribution in [0.2, 0.25) is 0 Å². The van der Waals surface area contributed by atoms with Gasteiger partial charge in [-0.2, -0.15) is 0 Å². The largest absolute Gasteiger partial charge is 0.0881 e. The first-order chi connectivity index (χ1) is 5.31. The van der Waals surface area contributed by atoms with Crippen LogP contribution in [0.5, 0.6) is 0 Å². The lowest BCUT2D eigenvalue weighted by Crippen LogP contribution is -2.02. The highest BCUT2D eigenvalue weighted by atomic mass is 79.9. The molecule has 1 heteroatoms. The van der Waals surface area contributed by atoms with Gasteiger partial charge in [-0.3, -0.25) is 0 Å². The second kappa shape index (κ2) is 2.76. The third-order valence-electron chi connectivity index (χ3n) is 3.85. The highest BCUT2D eigenvalue weighted by Gasteiger charge is 2.60. The summed E-state index contributed by atoms with van der Waals surface area (Å²) in [5.41, 5.74) is 0.747. The number of fused-ring (bicyclic) bond motifs is 1. The average Bonchev–Trinajstić information content (AvgIpc) is 2.64. The molecule has 0 nitrogen and oxygen atoms in total. The normalized spacial score (nSPS) is 49.6. The minimum atomic E-state index is 0.747. The Balaban J connectivity index is 2.07. The van der Waals surface area contributed by atoms with Gasteiger partial charge in [-0.15, -0.1) is 0 Å². The van der Waals surface area contributed by atoms with Gasteiger partial charge in [-0.25, -0.2) is 0 Å². The Kier molecular flexibility index (Phi) is 2.03. The lowest BCUT2D eigenvalue weighted by atomic mass is 9.95. The van der Waals surface area contributed by atoms with Crippen LogP contribution < -0.4 is 0 Å². The van der Waals surface area contributed by atoms with Crippen molar-refractivity contribution in [3.63, 3.8) is 0 Å². The first-order valence-electron chi connectivity index (χ1n) is 4.95. The van der Waals surface area contributed by atoms with E-state index in [9.17, 15) is 0 Å². The molecule has 0 N–H and O–H groups in total. The van der Waals surface area contributed by atoms with E-state index in [0.717, 1.165) is 16.2 Å². The van der Waals surface area contributed by atoms with Crippen LogP contribution >= 0.6 is 15.9 Å². The summed E-state index contributed by atoms with van der Waals surface area (Å²) in [4.78, 5) is 0.875. The molecule has 0 aliphatic heterocycles. The Hall–Kier alpha value is 0.480. The molecule has 0 aromatic carbocycles. The first-order valence-corrected chi connectivity index (χ1v) is 5.87. The van der Waals surface area contributed by atoms with Crippen molar-refractivity contribution in [3.8, 4) is 0 Å². The third kappa shape index (κ3) is 1.07. The quantitative estimate of drug-likeness (QED) is 0.587. The molecular formula is C10H17Br. The zero-order valence-corrected chi connectivity index (χ0v) is 8.86. The van der Waals surface area contributed by atoms with Crippen molar-refractivity contribution in [2.75, 3.05) is 0 Å². The fraction of sp³-hybridized carbons (Fsp3) is 1.00. The fourth-order valence-electron chi connectivity index (χ4n) is 2.91. The van der Waals surface area contributed by atoms with Gasteiger partial charge in [-0.1, -0.05) is 42.1 Å². The van der Waals surface area contributed by atoms with Crippen molar-refractivity contribution in [3.05, 3.63) is 0 Å². The van der Waals surface area contributed by atoms with E-state index in [-0.39, 0.29) is 0 Å². The number of rotatable bonds is 1. The van der Waals surface area contributed by atoms with Crippen molar-refractivity contribution in [2.24, 2.45) is 11.3 Å². The smallest absolute Gasteiger partial charge is 0.0239 e. The lowest BCUT2D eigenvalue weighted by molar-refractivity contribution is 0.410. The topological polar surface area (TPSA) is 0 Å². The van der Waals surface area contributed by atoms with Crippen molar-refractivity contribution >= 4 is 15.9 Å². The molecule has 2 fully saturated rings. The Labute approximate surface area is 77.9 Å². The molecule has 2 aliphatic carbocycles. The summed E-state index contributed by atoms with van der Waals surface area (Å²) in [6.45, 7) is 2.36. The second-order valence-corrected chi connectivity index (χ2v) is 5.18. The number of alkyl halides is 1. The van der Waals surface area contributed by atoms with Crippen LogP contribution in [0.4, 0.5) is 0 Å². The molecule has 2 aliphatic rings. The SMILES string of the molecule is CC[C@]12CCCCCC1[C@@H]2Br. The van der Waals surface area contributed by atoms with E-state index in [4.69, 9.17) is 0 Å². The third-order valence-corrected chi connectivity index (χ3v) is 5.40. The second-order valence-electron chi connectivity index (χ2n) is 4.19. The van der Waals surface area contributed by atoms with Gasteiger partial charge in [0.2, 0.25) is 0 Å². The van der Waals surface area contributed by atoms with Crippen LogP contribution in [0.25, 0.3) is 0 Å². The van der Waals surface area contributed by atoms with E-state index in [0.29, 0.717) is 0 Å². The molecule has 0 radical (unpaired) electrons. The maximum atomic E-state index is 3.83. The van der Waals surface area contributed by atoms with Crippen LogP contribution in [-0.4, -0.2) is 4.83 Å². The van der Waals surface area contributed by atoms with E-state index >= 15 is 0 Å². The zero-order valence-electron chi connectivity index (χ0n) is 7.28. The molecule has 0 aromatic rings. The maximum absolute atomic E-state index is 3.83. The maximum Gasteiger partial charge on any atom is 0.0239 e. The molecule has 0 saturated heterocycles. The van der Waals surface area contributed by atoms with Gasteiger partial charge in [0, 0.05) is 4.83 Å². The summed E-state index contributed by atoms with van der Waals surface area (Å²) in [5, 5.41) is 0. The predicted octanol–water partition coefficient (Wildman–Crippen LogP) is 3.74. The van der Waals surface area contributed by atoms with Crippen LogP contribution in [0.1, 0.15) is 45.4 Å². The molecule has 64 valence electrons. The van der Waals surface area contributed by atoms with E-state index in [1.807, 2.05) is 0 Å². The summed E-state index contributed by atoms with van der Waals surface area (Å²) < 4.78 is 0. The summed E-state index contributed by atoms with van der Waals surface area (Å²) in [6, 6.07) is 0. The molecule has 1 unspecified atom stereocenters. The van der Waals surface area contributed by atoms with Gasteiger partial charge in [0.25, 0.3) is 0 Å². The molecule has 0 amide bonds. The van der Waals surface area contributed by atoms with E-state index in [1.165, 1.54) is 38.5 Å². The highest BCUT2D eigenvalue weighted by molar-refractivity contribution is 9.09. The van der Waals surface area contributed by atoms with Gasteiger partial charge in [0.15, 0.2) is 0 Å². The molecule has 0 bridgehead atoms. The Bertz CT molecular complexity index is 155. The predicted molar refractivity (Wildman–Crippen MR) is 52.0 cm³/mol. The summed E-state index contributed by atoms with van der Waals surface area (Å²) in [6.07, 6.45) is 8.82. The van der Waals surface area contributed by atoms with E-state index < -0.39 is 0 Å². The van der Waals surface area contributed by atoms with Crippen molar-refractivity contribution in [1.82, 2.24) is 0 Å². The average molecular weight is 217 g/mol. The molecule has 2 saturated carbocycles. The summed E-state index contributed by atoms with van der Waals surface area (Å²) in [7, 11) is 0. The lowest BCUT2D eigenvalue weighted by Gasteiger charge is -2.11. The van der Waals surface area contributed by atoms with Crippen LogP contribution in [-0.2, 0) is 0 Å². The zero-order chi connectivity index (χ0) is 7.90. The van der Waals surface area contributed by atoms with Crippen LogP contribution in [0.3, 0.4) is 0 Å². The van der Waals surface area contributed by atoms with Gasteiger partial charge < -0.3 is 0 Å². The van der Waals surface area contributed by atoms with Crippen LogP contribution in [0, 0.1) is 11.3 Å². The van der Waals surface area contributed by atoms with Gasteiger partial charge in [-0.05, 0) is 30.6 Å². The molecule has 3 atom stereocenters. The number of hydrogen-bond donors (Lipinski definition) is 0. The Morgan fingerprint density at radius 1 is 1.36 bits per heavy atom. The minimum Gasteiger partial charge on any atom is -0.0881 e. The van der Waals surface area contributed by atoms with Crippen molar-refractivity contribution in [2.45, 2.75) is 50.3 Å². The number of hydrogen-bond acceptors (Lipinski definition) is 0. The molecule has 0 heterocycles. The van der Waals surface area contributed by atoms with Crippen LogP contribution in [0.15, 0.2) is 0 Å². The Morgan fingerprint density at radius 2 is 2.18 bits per heavy atom. The summed E-state index contributed by atoms with van der Waals surface area (Å²) >= 11 is 3.83. The standard InChI is InChI=1S/C10H17Br/c1-2-10-7-5-3-4-6-8(10)9(10)11/h8-9H,2-7H2,1H3/t8?,9-,10-/m0/s1. The highest BCUT2D eigenvalue weighted by Crippen LogP contribution is 2.65. The molecule has 2 rings (SSSR count). The van der Waals surface area contributed by atoms with Crippen molar-refractivity contribution in [1.29, 1.82) is 0 Å². The fourth-order valence-corrected chi connectivity index (χ4v) is 4.44. The summed E-state index contributed by atoms with van der Waals surface area (Å²) in [5.74, 6) is 1.04. The van der Waals surface area contributed by atoms with Gasteiger partial charge in [0.1, 0.15) is 0 Å². The minimum absolute atomic E-state index is 0.747. The first kappa shape index (κ1) is 8.10. The molecular weight excluding hydrogens is 200 g/mol. The monoisotopic (exact) mass is 216 g/mol. The molecule has 0 spiro atoms. The molecule has 0 aromatic heterocycles. The van der Waals surface area contributed by atoms with Crippen molar-refractivity contribution < 1.29 is 0 Å². The number of halogens is 1. The van der Waals surface area contributed by atoms with Gasteiger partial charge in [0.05, 0.1) is 0 Å². The van der Waals surface area contributed by atoms with E-state index in [1.54, 1.807) is 0 Å².